The van der Waals surface area contributed by atoms with Crippen LogP contribution in [0, 0.1) is 18.8 Å². The Hall–Kier alpha value is -1.82. The highest BCUT2D eigenvalue weighted by molar-refractivity contribution is 8.00. The number of rotatable bonds is 4. The number of benzene rings is 2. The summed E-state index contributed by atoms with van der Waals surface area (Å²) in [4.78, 5) is 3.26. The van der Waals surface area contributed by atoms with Crippen LogP contribution in [0.4, 0.5) is 24.5 Å². The fraction of sp³-hybridized carbons (Fsp3) is 0.478. The molecule has 0 aromatic heterocycles. The fourth-order valence-corrected chi connectivity index (χ4v) is 5.27. The quantitative estimate of drug-likeness (QED) is 0.529. The second-order valence-corrected chi connectivity index (χ2v) is 9.17. The maximum Gasteiger partial charge on any atom is 0.416 e. The molecule has 0 spiro atoms. The average Bonchev–Trinajstić information content (AvgIpc) is 2.72. The molecule has 0 amide bonds. The van der Waals surface area contributed by atoms with E-state index in [1.165, 1.54) is 49.8 Å². The van der Waals surface area contributed by atoms with Gasteiger partial charge in [-0.25, -0.2) is 0 Å². The van der Waals surface area contributed by atoms with Gasteiger partial charge in [-0.3, -0.25) is 0 Å². The number of hydrogen-bond acceptors (Lipinski definition) is 3. The van der Waals surface area contributed by atoms with Crippen LogP contribution in [0.5, 0.6) is 0 Å². The molecular formula is C23H27F3N2S. The van der Waals surface area contributed by atoms with Gasteiger partial charge in [0.15, 0.2) is 0 Å². The monoisotopic (exact) mass is 420 g/mol. The van der Waals surface area contributed by atoms with E-state index in [-0.39, 0.29) is 0 Å². The fourth-order valence-electron chi connectivity index (χ4n) is 4.61. The Morgan fingerprint density at radius 2 is 1.69 bits per heavy atom. The Labute approximate surface area is 175 Å². The largest absolute Gasteiger partial charge is 0.416 e. The van der Waals surface area contributed by atoms with E-state index >= 15 is 0 Å². The normalized spacial score (nSPS) is 22.3. The van der Waals surface area contributed by atoms with Gasteiger partial charge in [0, 0.05) is 18.0 Å². The molecule has 2 aliphatic rings. The van der Waals surface area contributed by atoms with Crippen molar-refractivity contribution in [2.45, 2.75) is 50.1 Å². The molecule has 1 aliphatic heterocycles. The average molecular weight is 421 g/mol. The molecule has 4 rings (SSSR count). The first-order chi connectivity index (χ1) is 13.9. The molecule has 1 saturated heterocycles. The van der Waals surface area contributed by atoms with Gasteiger partial charge >= 0.3 is 6.18 Å². The molecular weight excluding hydrogens is 393 g/mol. The van der Waals surface area contributed by atoms with Crippen LogP contribution in [-0.2, 0) is 6.18 Å². The van der Waals surface area contributed by atoms with Crippen LogP contribution >= 0.6 is 11.9 Å². The van der Waals surface area contributed by atoms with Gasteiger partial charge in [-0.15, -0.1) is 0 Å². The van der Waals surface area contributed by atoms with Crippen LogP contribution in [0.2, 0.25) is 0 Å². The highest BCUT2D eigenvalue weighted by Crippen LogP contribution is 2.42. The number of nitrogens with one attached hydrogen (secondary N) is 1. The summed E-state index contributed by atoms with van der Waals surface area (Å²) in [7, 11) is 0. The van der Waals surface area contributed by atoms with Gasteiger partial charge in [0.25, 0.3) is 0 Å². The van der Waals surface area contributed by atoms with Crippen LogP contribution in [-0.4, -0.2) is 13.1 Å². The predicted molar refractivity (Wildman–Crippen MR) is 114 cm³/mol. The third kappa shape index (κ3) is 4.85. The molecule has 0 radical (unpaired) electrons. The SMILES string of the molecule is Cc1ccc(SNc2cc(C(F)(F)F)ccc2N2CCC3CCCCC3C2)cc1. The zero-order chi connectivity index (χ0) is 20.4. The summed E-state index contributed by atoms with van der Waals surface area (Å²) in [5, 5.41) is 0. The van der Waals surface area contributed by atoms with Crippen molar-refractivity contribution in [2.75, 3.05) is 22.7 Å². The van der Waals surface area contributed by atoms with E-state index in [0.29, 0.717) is 11.6 Å². The maximum atomic E-state index is 13.3. The van der Waals surface area contributed by atoms with E-state index in [1.54, 1.807) is 6.07 Å². The van der Waals surface area contributed by atoms with Gasteiger partial charge in [-0.05, 0) is 73.9 Å². The van der Waals surface area contributed by atoms with E-state index in [0.717, 1.165) is 41.6 Å². The minimum Gasteiger partial charge on any atom is -0.370 e. The maximum absolute atomic E-state index is 13.3. The molecule has 1 aliphatic carbocycles. The minimum absolute atomic E-state index is 0.541. The molecule has 2 fully saturated rings. The van der Waals surface area contributed by atoms with Crippen molar-refractivity contribution < 1.29 is 13.2 Å². The molecule has 29 heavy (non-hydrogen) atoms. The Morgan fingerprint density at radius 1 is 0.966 bits per heavy atom. The van der Waals surface area contributed by atoms with E-state index in [4.69, 9.17) is 0 Å². The van der Waals surface area contributed by atoms with Crippen molar-refractivity contribution in [3.63, 3.8) is 0 Å². The van der Waals surface area contributed by atoms with Gasteiger partial charge in [-0.1, -0.05) is 37.0 Å². The van der Waals surface area contributed by atoms with Gasteiger partial charge in [0.05, 0.1) is 16.9 Å². The summed E-state index contributed by atoms with van der Waals surface area (Å²) < 4.78 is 43.2. The summed E-state index contributed by atoms with van der Waals surface area (Å²) in [6.07, 6.45) is 1.93. The number of piperidine rings is 1. The summed E-state index contributed by atoms with van der Waals surface area (Å²) in [6.45, 7) is 3.87. The molecule has 2 aromatic carbocycles. The first-order valence-electron chi connectivity index (χ1n) is 10.4. The van der Waals surface area contributed by atoms with Crippen molar-refractivity contribution in [2.24, 2.45) is 11.8 Å². The lowest BCUT2D eigenvalue weighted by Gasteiger charge is -2.43. The summed E-state index contributed by atoms with van der Waals surface area (Å²) in [5.74, 6) is 1.45. The number of aryl methyl sites for hydroxylation is 1. The molecule has 2 unspecified atom stereocenters. The van der Waals surface area contributed by atoms with Crippen molar-refractivity contribution >= 4 is 23.3 Å². The number of hydrogen-bond donors (Lipinski definition) is 1. The highest BCUT2D eigenvalue weighted by atomic mass is 32.2. The first-order valence-corrected chi connectivity index (χ1v) is 11.2. The van der Waals surface area contributed by atoms with Crippen molar-refractivity contribution in [3.8, 4) is 0 Å². The van der Waals surface area contributed by atoms with Crippen molar-refractivity contribution in [3.05, 3.63) is 53.6 Å². The third-order valence-electron chi connectivity index (χ3n) is 6.26. The molecule has 2 nitrogen and oxygen atoms in total. The third-order valence-corrected chi connectivity index (χ3v) is 7.09. The Balaban J connectivity index is 1.57. The first kappa shape index (κ1) is 20.5. The minimum atomic E-state index is -4.35. The molecule has 1 N–H and O–H groups in total. The van der Waals surface area contributed by atoms with Crippen molar-refractivity contribution in [1.82, 2.24) is 0 Å². The van der Waals surface area contributed by atoms with Crippen molar-refractivity contribution in [1.29, 1.82) is 0 Å². The number of anilines is 2. The van der Waals surface area contributed by atoms with Crippen LogP contribution in [0.1, 0.15) is 43.2 Å². The van der Waals surface area contributed by atoms with Gasteiger partial charge in [0.1, 0.15) is 0 Å². The predicted octanol–water partition coefficient (Wildman–Crippen LogP) is 7.15. The number of fused-ring (bicyclic) bond motifs is 1. The standard InChI is InChI=1S/C23H27F3N2S/c1-16-6-9-20(10-7-16)29-27-21-14-19(23(24,25)26)8-11-22(21)28-13-12-17-4-2-3-5-18(17)15-28/h6-11,14,17-18,27H,2-5,12-13,15H2,1H3. The molecule has 0 bridgehead atoms. The summed E-state index contributed by atoms with van der Waals surface area (Å²) in [5.41, 5.74) is 1.96. The van der Waals surface area contributed by atoms with Crippen LogP contribution in [0.15, 0.2) is 47.4 Å². The van der Waals surface area contributed by atoms with Crippen LogP contribution < -0.4 is 9.62 Å². The molecule has 2 aromatic rings. The van der Waals surface area contributed by atoms with Gasteiger partial charge in [0.2, 0.25) is 0 Å². The molecule has 6 heteroatoms. The number of nitrogens with zero attached hydrogens (tertiary/aromatic N) is 1. The summed E-state index contributed by atoms with van der Waals surface area (Å²) in [6, 6.07) is 12.1. The zero-order valence-corrected chi connectivity index (χ0v) is 17.5. The van der Waals surface area contributed by atoms with Crippen LogP contribution in [0.25, 0.3) is 0 Å². The number of halogens is 3. The van der Waals surface area contributed by atoms with E-state index in [1.807, 2.05) is 31.2 Å². The Kier molecular flexibility index (Phi) is 6.00. The lowest BCUT2D eigenvalue weighted by atomic mass is 9.75. The van der Waals surface area contributed by atoms with E-state index < -0.39 is 11.7 Å². The second-order valence-electron chi connectivity index (χ2n) is 8.29. The topological polar surface area (TPSA) is 15.3 Å². The second kappa shape index (κ2) is 8.50. The Morgan fingerprint density at radius 3 is 2.41 bits per heavy atom. The Bertz CT molecular complexity index is 835. The van der Waals surface area contributed by atoms with Crippen LogP contribution in [0.3, 0.4) is 0 Å². The van der Waals surface area contributed by atoms with Gasteiger partial charge < -0.3 is 9.62 Å². The lowest BCUT2D eigenvalue weighted by Crippen LogP contribution is -2.42. The molecule has 156 valence electrons. The summed E-state index contributed by atoms with van der Waals surface area (Å²) >= 11 is 1.36. The zero-order valence-electron chi connectivity index (χ0n) is 16.6. The highest BCUT2D eigenvalue weighted by Gasteiger charge is 2.34. The smallest absolute Gasteiger partial charge is 0.370 e. The van der Waals surface area contributed by atoms with Gasteiger partial charge in [-0.2, -0.15) is 13.2 Å². The van der Waals surface area contributed by atoms with E-state index in [9.17, 15) is 13.2 Å². The molecule has 1 saturated carbocycles. The van der Waals surface area contributed by atoms with E-state index in [2.05, 4.69) is 9.62 Å². The molecule has 2 atom stereocenters. The number of alkyl halides is 3. The molecule has 1 heterocycles. The lowest BCUT2D eigenvalue weighted by molar-refractivity contribution is -0.137.